The van der Waals surface area contributed by atoms with Crippen LogP contribution in [0.25, 0.3) is 66.0 Å². The van der Waals surface area contributed by atoms with Crippen molar-refractivity contribution in [1.82, 2.24) is 4.98 Å². The summed E-state index contributed by atoms with van der Waals surface area (Å²) in [4.78, 5) is 7.22. The molecule has 7 aromatic carbocycles. The van der Waals surface area contributed by atoms with E-state index in [2.05, 4.69) is 163 Å². The second-order valence-corrected chi connectivity index (χ2v) is 11.6. The molecule has 0 aliphatic rings. The van der Waals surface area contributed by atoms with Crippen LogP contribution in [0.15, 0.2) is 174 Å². The fourth-order valence-corrected chi connectivity index (χ4v) is 6.67. The minimum atomic E-state index is 0.652. The van der Waals surface area contributed by atoms with E-state index in [0.717, 1.165) is 55.4 Å². The third-order valence-electron chi connectivity index (χ3n) is 8.84. The lowest BCUT2D eigenvalue weighted by molar-refractivity contribution is 0.656. The maximum Gasteiger partial charge on any atom is 0.227 e. The van der Waals surface area contributed by atoms with Crippen LogP contribution in [0.1, 0.15) is 0 Å². The van der Waals surface area contributed by atoms with Crippen molar-refractivity contribution in [3.05, 3.63) is 170 Å². The Morgan fingerprint density at radius 2 is 1.13 bits per heavy atom. The van der Waals surface area contributed by atoms with Crippen LogP contribution in [-0.2, 0) is 0 Å². The van der Waals surface area contributed by atoms with Gasteiger partial charge in [0.15, 0.2) is 0 Å². The van der Waals surface area contributed by atoms with Crippen LogP contribution in [-0.4, -0.2) is 4.98 Å². The van der Waals surface area contributed by atoms with E-state index in [1.54, 1.807) is 0 Å². The van der Waals surface area contributed by atoms with Crippen molar-refractivity contribution in [2.45, 2.75) is 0 Å². The van der Waals surface area contributed by atoms with Crippen molar-refractivity contribution in [1.29, 1.82) is 0 Å². The molecule has 9 aromatic rings. The van der Waals surface area contributed by atoms with E-state index in [9.17, 15) is 0 Å². The molecular formula is C43H28N2O. The van der Waals surface area contributed by atoms with Gasteiger partial charge in [0.2, 0.25) is 5.71 Å². The topological polar surface area (TPSA) is 29.3 Å². The number of pyridine rings is 1. The Hall–Kier alpha value is -6.19. The SMILES string of the molecule is c1ccc(-c2cccc(N(c3ccc4oc5nc6ccccc6cc5c4c3)c3ccccc3-c3cccc4ccccc34)c2)cc1. The van der Waals surface area contributed by atoms with E-state index >= 15 is 0 Å². The van der Waals surface area contributed by atoms with Crippen molar-refractivity contribution in [2.24, 2.45) is 0 Å². The van der Waals surface area contributed by atoms with E-state index < -0.39 is 0 Å². The third-order valence-corrected chi connectivity index (χ3v) is 8.84. The van der Waals surface area contributed by atoms with Crippen molar-refractivity contribution in [2.75, 3.05) is 4.90 Å². The summed E-state index contributed by atoms with van der Waals surface area (Å²) in [6, 6.07) is 60.1. The number of rotatable bonds is 5. The minimum Gasteiger partial charge on any atom is -0.438 e. The molecule has 0 unspecified atom stereocenters. The Morgan fingerprint density at radius 1 is 0.435 bits per heavy atom. The van der Waals surface area contributed by atoms with Crippen molar-refractivity contribution >= 4 is 60.8 Å². The Kier molecular flexibility index (Phi) is 6.14. The van der Waals surface area contributed by atoms with Crippen molar-refractivity contribution in [3.8, 4) is 22.3 Å². The van der Waals surface area contributed by atoms with E-state index in [1.165, 1.54) is 21.9 Å². The molecule has 0 atom stereocenters. The average molecular weight is 589 g/mol. The van der Waals surface area contributed by atoms with Crippen LogP contribution in [0.4, 0.5) is 17.1 Å². The lowest BCUT2D eigenvalue weighted by Gasteiger charge is -2.28. The highest BCUT2D eigenvalue weighted by atomic mass is 16.3. The average Bonchev–Trinajstić information content (AvgIpc) is 3.48. The largest absolute Gasteiger partial charge is 0.438 e. The molecule has 3 heteroatoms. The summed E-state index contributed by atoms with van der Waals surface area (Å²) in [6.45, 7) is 0. The van der Waals surface area contributed by atoms with Gasteiger partial charge in [0.1, 0.15) is 5.58 Å². The molecular weight excluding hydrogens is 560 g/mol. The van der Waals surface area contributed by atoms with Gasteiger partial charge in [-0.25, -0.2) is 4.98 Å². The van der Waals surface area contributed by atoms with Gasteiger partial charge >= 0.3 is 0 Å². The normalized spacial score (nSPS) is 11.5. The molecule has 2 heterocycles. The second-order valence-electron chi connectivity index (χ2n) is 11.6. The molecule has 3 nitrogen and oxygen atoms in total. The zero-order chi connectivity index (χ0) is 30.5. The lowest BCUT2D eigenvalue weighted by atomic mass is 9.96. The van der Waals surface area contributed by atoms with Gasteiger partial charge in [-0.15, -0.1) is 0 Å². The highest BCUT2D eigenvalue weighted by Gasteiger charge is 2.20. The number of anilines is 3. The molecule has 9 rings (SSSR count). The third kappa shape index (κ3) is 4.41. The number of fused-ring (bicyclic) bond motifs is 5. The maximum absolute atomic E-state index is 6.30. The van der Waals surface area contributed by atoms with Crippen LogP contribution >= 0.6 is 0 Å². The molecule has 0 saturated carbocycles. The smallest absolute Gasteiger partial charge is 0.227 e. The monoisotopic (exact) mass is 588 g/mol. The van der Waals surface area contributed by atoms with Crippen LogP contribution in [0, 0.1) is 0 Å². The predicted octanol–water partition coefficient (Wildman–Crippen LogP) is 12.1. The Bertz CT molecular complexity index is 2540. The first-order chi connectivity index (χ1) is 22.8. The van der Waals surface area contributed by atoms with E-state index in [0.29, 0.717) is 5.71 Å². The van der Waals surface area contributed by atoms with E-state index in [1.807, 2.05) is 12.1 Å². The first-order valence-electron chi connectivity index (χ1n) is 15.5. The number of furan rings is 1. The maximum atomic E-state index is 6.30. The van der Waals surface area contributed by atoms with Crippen molar-refractivity contribution < 1.29 is 4.42 Å². The number of benzene rings is 7. The zero-order valence-corrected chi connectivity index (χ0v) is 25.0. The molecule has 0 bridgehead atoms. The van der Waals surface area contributed by atoms with E-state index in [4.69, 9.17) is 9.40 Å². The van der Waals surface area contributed by atoms with E-state index in [-0.39, 0.29) is 0 Å². The molecule has 0 aliphatic carbocycles. The van der Waals surface area contributed by atoms with Crippen LogP contribution < -0.4 is 4.90 Å². The summed E-state index contributed by atoms with van der Waals surface area (Å²) in [6.07, 6.45) is 0. The van der Waals surface area contributed by atoms with Crippen LogP contribution in [0.5, 0.6) is 0 Å². The standard InChI is InChI=1S/C43H28N2O/c1-2-12-29(13-3-1)31-17-10-18-33(26-31)45(41-23-9-7-20-37(41)36-21-11-16-30-14-4-6-19-35(30)36)34-24-25-42-38(28-34)39-27-32-15-5-8-22-40(32)44-43(39)46-42/h1-28H. The number of nitrogens with zero attached hydrogens (tertiary/aromatic N) is 2. The Balaban J connectivity index is 1.30. The number of aromatic nitrogens is 1. The molecule has 0 saturated heterocycles. The summed E-state index contributed by atoms with van der Waals surface area (Å²) >= 11 is 0. The summed E-state index contributed by atoms with van der Waals surface area (Å²) in [7, 11) is 0. The number of para-hydroxylation sites is 2. The highest BCUT2D eigenvalue weighted by Crippen LogP contribution is 2.44. The van der Waals surface area contributed by atoms with Gasteiger partial charge in [-0.2, -0.15) is 0 Å². The number of hydrogen-bond donors (Lipinski definition) is 0. The Labute approximate surface area is 266 Å². The van der Waals surface area contributed by atoms with Gasteiger partial charge in [0.25, 0.3) is 0 Å². The fourth-order valence-electron chi connectivity index (χ4n) is 6.67. The van der Waals surface area contributed by atoms with Crippen LogP contribution in [0.2, 0.25) is 0 Å². The van der Waals surface area contributed by atoms with Gasteiger partial charge in [-0.05, 0) is 76.0 Å². The summed E-state index contributed by atoms with van der Waals surface area (Å²) < 4.78 is 6.30. The zero-order valence-electron chi connectivity index (χ0n) is 25.0. The van der Waals surface area contributed by atoms with Gasteiger partial charge in [0, 0.05) is 33.1 Å². The molecule has 0 fully saturated rings. The molecule has 46 heavy (non-hydrogen) atoms. The molecule has 0 N–H and O–H groups in total. The minimum absolute atomic E-state index is 0.652. The van der Waals surface area contributed by atoms with Crippen molar-refractivity contribution in [3.63, 3.8) is 0 Å². The van der Waals surface area contributed by atoms with Gasteiger partial charge < -0.3 is 9.32 Å². The first kappa shape index (κ1) is 26.2. The van der Waals surface area contributed by atoms with Crippen LogP contribution in [0.3, 0.4) is 0 Å². The molecule has 0 amide bonds. The summed E-state index contributed by atoms with van der Waals surface area (Å²) in [5.74, 6) is 0. The molecule has 0 radical (unpaired) electrons. The Morgan fingerprint density at radius 3 is 2.07 bits per heavy atom. The molecule has 0 aliphatic heterocycles. The highest BCUT2D eigenvalue weighted by molar-refractivity contribution is 6.09. The summed E-state index contributed by atoms with van der Waals surface area (Å²) in [5, 5.41) is 5.59. The second kappa shape index (κ2) is 10.8. The van der Waals surface area contributed by atoms with Gasteiger partial charge in [-0.1, -0.05) is 121 Å². The lowest BCUT2D eigenvalue weighted by Crippen LogP contribution is -2.11. The van der Waals surface area contributed by atoms with Gasteiger partial charge in [0.05, 0.1) is 11.2 Å². The quantitative estimate of drug-likeness (QED) is 0.200. The fraction of sp³-hybridized carbons (Fsp3) is 0. The van der Waals surface area contributed by atoms with Gasteiger partial charge in [-0.3, -0.25) is 0 Å². The number of hydrogen-bond acceptors (Lipinski definition) is 3. The first-order valence-corrected chi connectivity index (χ1v) is 15.5. The molecule has 0 spiro atoms. The molecule has 2 aromatic heterocycles. The predicted molar refractivity (Wildman–Crippen MR) is 192 cm³/mol. The molecule has 216 valence electrons. The summed E-state index contributed by atoms with van der Waals surface area (Å²) in [5.41, 5.74) is 10.3.